The maximum Gasteiger partial charge on any atom is 0.319 e. The standard InChI is InChI=1S/C28H40N4O3/c1-6-25(21-11-8-7-9-12-21)27(33)32(19-24-13-10-16-35-24)18-22-17-23(14-15-26(22)31(4)5)30-28(34)29-20(2)3/h7-9,11-12,14-15,17,20,24-25H,6,10,13,16,18-19H2,1-5H3,(H2,29,30,34). The molecular weight excluding hydrogens is 440 g/mol. The van der Waals surface area contributed by atoms with Crippen LogP contribution < -0.4 is 15.5 Å². The number of benzene rings is 2. The fourth-order valence-electron chi connectivity index (χ4n) is 4.59. The Bertz CT molecular complexity index is 971. The van der Waals surface area contributed by atoms with Gasteiger partial charge in [-0.2, -0.15) is 0 Å². The van der Waals surface area contributed by atoms with Crippen LogP contribution in [0.2, 0.25) is 0 Å². The highest BCUT2D eigenvalue weighted by molar-refractivity contribution is 5.90. The predicted octanol–water partition coefficient (Wildman–Crippen LogP) is 4.98. The summed E-state index contributed by atoms with van der Waals surface area (Å²) in [7, 11) is 3.98. The average Bonchev–Trinajstić information content (AvgIpc) is 3.32. The van der Waals surface area contributed by atoms with E-state index in [-0.39, 0.29) is 30.0 Å². The van der Waals surface area contributed by atoms with E-state index < -0.39 is 0 Å². The molecule has 2 atom stereocenters. The number of nitrogens with one attached hydrogen (secondary N) is 2. The van der Waals surface area contributed by atoms with Crippen LogP contribution in [0.3, 0.4) is 0 Å². The third-order valence-electron chi connectivity index (χ3n) is 6.27. The van der Waals surface area contributed by atoms with E-state index in [2.05, 4.69) is 17.6 Å². The van der Waals surface area contributed by atoms with Crippen LogP contribution in [0.25, 0.3) is 0 Å². The first kappa shape index (κ1) is 26.5. The Balaban J connectivity index is 1.90. The van der Waals surface area contributed by atoms with Crippen molar-refractivity contribution >= 4 is 23.3 Å². The molecule has 35 heavy (non-hydrogen) atoms. The molecule has 7 nitrogen and oxygen atoms in total. The van der Waals surface area contributed by atoms with Crippen LogP contribution in [0, 0.1) is 0 Å². The molecule has 3 amide bonds. The summed E-state index contributed by atoms with van der Waals surface area (Å²) >= 11 is 0. The van der Waals surface area contributed by atoms with Gasteiger partial charge in [0.25, 0.3) is 0 Å². The zero-order chi connectivity index (χ0) is 25.4. The van der Waals surface area contributed by atoms with E-state index in [0.717, 1.165) is 42.7 Å². The molecule has 0 saturated carbocycles. The van der Waals surface area contributed by atoms with Crippen molar-refractivity contribution < 1.29 is 14.3 Å². The highest BCUT2D eigenvalue weighted by Crippen LogP contribution is 2.29. The van der Waals surface area contributed by atoms with Crippen molar-refractivity contribution in [3.05, 3.63) is 59.7 Å². The number of nitrogens with zero attached hydrogens (tertiary/aromatic N) is 2. The molecule has 0 aromatic heterocycles. The lowest BCUT2D eigenvalue weighted by Gasteiger charge is -2.31. The molecule has 7 heteroatoms. The Kier molecular flexibility index (Phi) is 9.55. The quantitative estimate of drug-likeness (QED) is 0.503. The smallest absolute Gasteiger partial charge is 0.319 e. The molecule has 2 N–H and O–H groups in total. The first-order chi connectivity index (χ1) is 16.8. The lowest BCUT2D eigenvalue weighted by molar-refractivity contribution is -0.135. The van der Waals surface area contributed by atoms with Crippen molar-refractivity contribution in [1.82, 2.24) is 10.2 Å². The highest BCUT2D eigenvalue weighted by Gasteiger charge is 2.29. The largest absolute Gasteiger partial charge is 0.377 e. The molecule has 3 rings (SSSR count). The maximum atomic E-state index is 13.9. The van der Waals surface area contributed by atoms with Crippen molar-refractivity contribution in [1.29, 1.82) is 0 Å². The monoisotopic (exact) mass is 480 g/mol. The van der Waals surface area contributed by atoms with Crippen molar-refractivity contribution in [2.45, 2.75) is 64.6 Å². The summed E-state index contributed by atoms with van der Waals surface area (Å²) in [6.07, 6.45) is 2.76. The van der Waals surface area contributed by atoms with Crippen LogP contribution in [0.1, 0.15) is 57.1 Å². The Morgan fingerprint density at radius 3 is 2.46 bits per heavy atom. The van der Waals surface area contributed by atoms with E-state index in [1.54, 1.807) is 0 Å². The Morgan fingerprint density at radius 1 is 1.11 bits per heavy atom. The second-order valence-corrected chi connectivity index (χ2v) is 9.72. The van der Waals surface area contributed by atoms with Gasteiger partial charge in [-0.25, -0.2) is 4.79 Å². The van der Waals surface area contributed by atoms with Crippen LogP contribution >= 0.6 is 0 Å². The Labute approximate surface area is 209 Å². The molecule has 0 aliphatic carbocycles. The number of urea groups is 1. The molecule has 2 aromatic rings. The molecular formula is C28H40N4O3. The van der Waals surface area contributed by atoms with Crippen molar-refractivity contribution in [2.24, 2.45) is 0 Å². The summed E-state index contributed by atoms with van der Waals surface area (Å²) < 4.78 is 5.91. The summed E-state index contributed by atoms with van der Waals surface area (Å²) in [5, 5.41) is 5.77. The molecule has 0 radical (unpaired) electrons. The van der Waals surface area contributed by atoms with Crippen LogP contribution in [0.4, 0.5) is 16.2 Å². The number of rotatable bonds is 10. The van der Waals surface area contributed by atoms with E-state index >= 15 is 0 Å². The van der Waals surface area contributed by atoms with Crippen molar-refractivity contribution in [3.63, 3.8) is 0 Å². The summed E-state index contributed by atoms with van der Waals surface area (Å²) in [6.45, 7) is 7.65. The summed E-state index contributed by atoms with van der Waals surface area (Å²) in [4.78, 5) is 30.2. The van der Waals surface area contributed by atoms with Crippen LogP contribution in [0.5, 0.6) is 0 Å². The normalized spacial score (nSPS) is 16.1. The van der Waals surface area contributed by atoms with Gasteiger partial charge in [-0.05, 0) is 62.4 Å². The van der Waals surface area contributed by atoms with Gasteiger partial charge in [-0.15, -0.1) is 0 Å². The third kappa shape index (κ3) is 7.46. The van der Waals surface area contributed by atoms with Gasteiger partial charge >= 0.3 is 6.03 Å². The summed E-state index contributed by atoms with van der Waals surface area (Å²) in [6, 6.07) is 15.6. The molecule has 1 heterocycles. The van der Waals surface area contributed by atoms with Gasteiger partial charge in [0.1, 0.15) is 0 Å². The van der Waals surface area contributed by atoms with Crippen LogP contribution in [-0.4, -0.2) is 56.2 Å². The van der Waals surface area contributed by atoms with Crippen LogP contribution in [-0.2, 0) is 16.1 Å². The molecule has 190 valence electrons. The predicted molar refractivity (Wildman–Crippen MR) is 142 cm³/mol. The minimum Gasteiger partial charge on any atom is -0.377 e. The fourth-order valence-corrected chi connectivity index (χ4v) is 4.59. The van der Waals surface area contributed by atoms with Gasteiger partial charge in [0.2, 0.25) is 5.91 Å². The molecule has 0 spiro atoms. The molecule has 1 aliphatic heterocycles. The lowest BCUT2D eigenvalue weighted by atomic mass is 9.94. The number of carbonyl (C=O) groups excluding carboxylic acids is 2. The highest BCUT2D eigenvalue weighted by atomic mass is 16.5. The number of hydrogen-bond donors (Lipinski definition) is 2. The van der Waals surface area contributed by atoms with Gasteiger partial charge in [0, 0.05) is 51.2 Å². The third-order valence-corrected chi connectivity index (χ3v) is 6.27. The van der Waals surface area contributed by atoms with Crippen LogP contribution in [0.15, 0.2) is 48.5 Å². The fraction of sp³-hybridized carbons (Fsp3) is 0.500. The molecule has 1 aliphatic rings. The van der Waals surface area contributed by atoms with Gasteiger partial charge in [0.05, 0.1) is 12.0 Å². The molecule has 0 bridgehead atoms. The molecule has 1 saturated heterocycles. The van der Waals surface area contributed by atoms with Crippen molar-refractivity contribution in [3.8, 4) is 0 Å². The zero-order valence-electron chi connectivity index (χ0n) is 21.7. The Morgan fingerprint density at radius 2 is 1.86 bits per heavy atom. The molecule has 2 unspecified atom stereocenters. The average molecular weight is 481 g/mol. The number of anilines is 2. The van der Waals surface area contributed by atoms with E-state index in [4.69, 9.17) is 4.74 Å². The summed E-state index contributed by atoms with van der Waals surface area (Å²) in [5.41, 5.74) is 3.72. The van der Waals surface area contributed by atoms with Gasteiger partial charge in [-0.1, -0.05) is 37.3 Å². The Hall–Kier alpha value is -3.06. The molecule has 1 fully saturated rings. The molecule has 2 aromatic carbocycles. The number of hydrogen-bond acceptors (Lipinski definition) is 4. The number of ether oxygens (including phenoxy) is 1. The minimum absolute atomic E-state index is 0.0407. The topological polar surface area (TPSA) is 73.9 Å². The van der Waals surface area contributed by atoms with Crippen molar-refractivity contribution in [2.75, 3.05) is 37.5 Å². The van der Waals surface area contributed by atoms with E-state index in [1.165, 1.54) is 0 Å². The maximum absolute atomic E-state index is 13.9. The first-order valence-electron chi connectivity index (χ1n) is 12.6. The van der Waals surface area contributed by atoms with Gasteiger partial charge < -0.3 is 25.2 Å². The van der Waals surface area contributed by atoms with E-state index in [9.17, 15) is 9.59 Å². The minimum atomic E-state index is -0.244. The number of carbonyl (C=O) groups is 2. The first-order valence-corrected chi connectivity index (χ1v) is 12.6. The summed E-state index contributed by atoms with van der Waals surface area (Å²) in [5.74, 6) is -0.103. The number of amides is 3. The van der Waals surface area contributed by atoms with E-state index in [0.29, 0.717) is 18.8 Å². The zero-order valence-corrected chi connectivity index (χ0v) is 21.7. The van der Waals surface area contributed by atoms with Gasteiger partial charge in [-0.3, -0.25) is 4.79 Å². The van der Waals surface area contributed by atoms with Gasteiger partial charge in [0.15, 0.2) is 0 Å². The van der Waals surface area contributed by atoms with E-state index in [1.807, 2.05) is 86.3 Å². The second kappa shape index (κ2) is 12.6. The lowest BCUT2D eigenvalue weighted by Crippen LogP contribution is -2.40. The SMILES string of the molecule is CCC(C(=O)N(Cc1cc(NC(=O)NC(C)C)ccc1N(C)C)CC1CCCO1)c1ccccc1. The second-order valence-electron chi connectivity index (χ2n) is 9.72.